The van der Waals surface area contributed by atoms with Crippen LogP contribution < -0.4 is 5.32 Å². The number of rotatable bonds is 3. The van der Waals surface area contributed by atoms with Crippen LogP contribution in [0.15, 0.2) is 6.07 Å². The summed E-state index contributed by atoms with van der Waals surface area (Å²) < 4.78 is 28.6. The van der Waals surface area contributed by atoms with Crippen LogP contribution in [0.4, 0.5) is 14.6 Å². The first-order chi connectivity index (χ1) is 11.9. The van der Waals surface area contributed by atoms with Crippen molar-refractivity contribution in [3.63, 3.8) is 0 Å². The number of hydrogen-bond donors (Lipinski definition) is 1. The highest BCUT2D eigenvalue weighted by atomic mass is 19.3. The number of likely N-dealkylation sites (tertiary alicyclic amines) is 1. The van der Waals surface area contributed by atoms with Crippen molar-refractivity contribution in [2.24, 2.45) is 17.8 Å². The molecule has 1 aromatic rings. The molecular formula is C18H26F2N4O. The highest BCUT2D eigenvalue weighted by molar-refractivity contribution is 5.81. The van der Waals surface area contributed by atoms with E-state index in [1.807, 2.05) is 17.9 Å². The van der Waals surface area contributed by atoms with Gasteiger partial charge < -0.3 is 10.2 Å². The number of nitrogens with one attached hydrogen (secondary N) is 1. The number of fused-ring (bicyclic) bond motifs is 1. The molecule has 1 aliphatic carbocycles. The monoisotopic (exact) mass is 352 g/mol. The molecule has 0 bridgehead atoms. The zero-order valence-electron chi connectivity index (χ0n) is 14.8. The third-order valence-electron chi connectivity index (χ3n) is 6.06. The summed E-state index contributed by atoms with van der Waals surface area (Å²) in [5.74, 6) is 1.85. The number of alkyl halides is 2. The van der Waals surface area contributed by atoms with Crippen LogP contribution in [-0.4, -0.2) is 46.1 Å². The van der Waals surface area contributed by atoms with Crippen molar-refractivity contribution in [2.45, 2.75) is 58.0 Å². The van der Waals surface area contributed by atoms with Gasteiger partial charge in [-0.05, 0) is 44.4 Å². The highest BCUT2D eigenvalue weighted by Gasteiger charge is 2.44. The third kappa shape index (κ3) is 3.13. The van der Waals surface area contributed by atoms with E-state index >= 15 is 0 Å². The maximum atomic E-state index is 13.6. The standard InChI is InChI=1S/C18H26F2N4O/c1-10-6-13(10)18(25)23-5-3-4-12(9-23)14-8-15(17(19)20)24-16(21-14)7-11(2)22-24/h7,10,12-15,17,21H,3-6,8-9H2,1-2H3/t10-,12-,13+,14+,15-/m1/s1. The minimum Gasteiger partial charge on any atom is -0.367 e. The van der Waals surface area contributed by atoms with Crippen LogP contribution in [0.25, 0.3) is 0 Å². The summed E-state index contributed by atoms with van der Waals surface area (Å²) in [5, 5.41) is 7.64. The number of carbonyl (C=O) groups excluding carboxylic acids is 1. The van der Waals surface area contributed by atoms with E-state index in [9.17, 15) is 13.6 Å². The number of anilines is 1. The van der Waals surface area contributed by atoms with E-state index in [4.69, 9.17) is 0 Å². The number of carbonyl (C=O) groups is 1. The number of aryl methyl sites for hydroxylation is 1. The summed E-state index contributed by atoms with van der Waals surface area (Å²) in [6, 6.07) is 0.915. The van der Waals surface area contributed by atoms with Crippen LogP contribution >= 0.6 is 0 Å². The van der Waals surface area contributed by atoms with Crippen molar-refractivity contribution in [1.82, 2.24) is 14.7 Å². The Morgan fingerprint density at radius 1 is 1.40 bits per heavy atom. The second kappa shape index (κ2) is 6.25. The average molecular weight is 352 g/mol. The Balaban J connectivity index is 1.48. The molecule has 3 heterocycles. The van der Waals surface area contributed by atoms with Gasteiger partial charge in [0.1, 0.15) is 11.9 Å². The molecule has 1 aromatic heterocycles. The van der Waals surface area contributed by atoms with Crippen LogP contribution in [0.2, 0.25) is 0 Å². The summed E-state index contributed by atoms with van der Waals surface area (Å²) >= 11 is 0. The third-order valence-corrected chi connectivity index (χ3v) is 6.06. The van der Waals surface area contributed by atoms with Crippen molar-refractivity contribution in [3.05, 3.63) is 11.8 Å². The summed E-state index contributed by atoms with van der Waals surface area (Å²) in [6.07, 6.45) is 0.848. The van der Waals surface area contributed by atoms with E-state index < -0.39 is 12.5 Å². The predicted molar refractivity (Wildman–Crippen MR) is 90.6 cm³/mol. The van der Waals surface area contributed by atoms with Crippen molar-refractivity contribution in [1.29, 1.82) is 0 Å². The van der Waals surface area contributed by atoms with Gasteiger partial charge in [0, 0.05) is 31.1 Å². The zero-order chi connectivity index (χ0) is 17.7. The molecule has 3 aliphatic rings. The lowest BCUT2D eigenvalue weighted by atomic mass is 9.85. The van der Waals surface area contributed by atoms with Crippen LogP contribution in [-0.2, 0) is 4.79 Å². The number of amides is 1. The van der Waals surface area contributed by atoms with E-state index in [0.717, 1.165) is 31.5 Å². The second-order valence-electron chi connectivity index (χ2n) is 8.01. The fourth-order valence-electron chi connectivity index (χ4n) is 4.45. The summed E-state index contributed by atoms with van der Waals surface area (Å²) in [5.41, 5.74) is 0.747. The first kappa shape index (κ1) is 16.8. The van der Waals surface area contributed by atoms with Gasteiger partial charge in [0.25, 0.3) is 6.43 Å². The largest absolute Gasteiger partial charge is 0.367 e. The van der Waals surface area contributed by atoms with E-state index in [1.54, 1.807) is 0 Å². The van der Waals surface area contributed by atoms with Gasteiger partial charge in [-0.2, -0.15) is 5.10 Å². The molecule has 0 unspecified atom stereocenters. The van der Waals surface area contributed by atoms with Crippen molar-refractivity contribution in [3.8, 4) is 0 Å². The molecule has 5 atom stereocenters. The van der Waals surface area contributed by atoms with Crippen molar-refractivity contribution in [2.75, 3.05) is 18.4 Å². The Bertz CT molecular complexity index is 662. The lowest BCUT2D eigenvalue weighted by molar-refractivity contribution is -0.134. The Labute approximate surface area is 146 Å². The first-order valence-corrected chi connectivity index (χ1v) is 9.33. The smallest absolute Gasteiger partial charge is 0.260 e. The molecule has 1 saturated heterocycles. The van der Waals surface area contributed by atoms with Crippen LogP contribution in [0.1, 0.15) is 44.3 Å². The molecule has 25 heavy (non-hydrogen) atoms. The summed E-state index contributed by atoms with van der Waals surface area (Å²) in [4.78, 5) is 14.5. The number of nitrogens with zero attached hydrogens (tertiary/aromatic N) is 3. The van der Waals surface area contributed by atoms with Gasteiger partial charge in [-0.1, -0.05) is 6.92 Å². The van der Waals surface area contributed by atoms with Crippen LogP contribution in [0.3, 0.4) is 0 Å². The van der Waals surface area contributed by atoms with E-state index in [2.05, 4.69) is 17.3 Å². The number of aromatic nitrogens is 2. The molecule has 0 aromatic carbocycles. The van der Waals surface area contributed by atoms with Gasteiger partial charge in [-0.15, -0.1) is 0 Å². The summed E-state index contributed by atoms with van der Waals surface area (Å²) in [7, 11) is 0. The molecule has 0 spiro atoms. The predicted octanol–water partition coefficient (Wildman–Crippen LogP) is 3.08. The van der Waals surface area contributed by atoms with Gasteiger partial charge in [-0.3, -0.25) is 4.79 Å². The Morgan fingerprint density at radius 2 is 2.16 bits per heavy atom. The molecular weight excluding hydrogens is 326 g/mol. The average Bonchev–Trinajstić information content (AvgIpc) is 3.19. The Morgan fingerprint density at radius 3 is 2.84 bits per heavy atom. The number of piperidine rings is 1. The molecule has 2 fully saturated rings. The fourth-order valence-corrected chi connectivity index (χ4v) is 4.45. The highest BCUT2D eigenvalue weighted by Crippen LogP contribution is 2.41. The van der Waals surface area contributed by atoms with Gasteiger partial charge >= 0.3 is 0 Å². The molecule has 1 saturated carbocycles. The van der Waals surface area contributed by atoms with Gasteiger partial charge in [0.05, 0.1) is 5.69 Å². The molecule has 1 N–H and O–H groups in total. The van der Waals surface area contributed by atoms with Gasteiger partial charge in [0.2, 0.25) is 5.91 Å². The maximum Gasteiger partial charge on any atom is 0.260 e. The van der Waals surface area contributed by atoms with Gasteiger partial charge in [0.15, 0.2) is 0 Å². The minimum absolute atomic E-state index is 0.0326. The SMILES string of the molecule is Cc1cc2n(n1)[C@@H](C(F)F)C[C@@H]([C@@H]1CCCN(C(=O)[C@H]3C[C@H]3C)C1)N2. The topological polar surface area (TPSA) is 50.2 Å². The lowest BCUT2D eigenvalue weighted by Crippen LogP contribution is -2.48. The maximum absolute atomic E-state index is 13.6. The molecule has 5 nitrogen and oxygen atoms in total. The quantitative estimate of drug-likeness (QED) is 0.910. The lowest BCUT2D eigenvalue weighted by Gasteiger charge is -2.41. The van der Waals surface area contributed by atoms with Crippen LogP contribution in [0, 0.1) is 24.7 Å². The zero-order valence-corrected chi connectivity index (χ0v) is 14.8. The van der Waals surface area contributed by atoms with E-state index in [1.165, 1.54) is 4.68 Å². The molecule has 1 amide bonds. The molecule has 0 radical (unpaired) electrons. The second-order valence-corrected chi connectivity index (χ2v) is 8.01. The molecule has 2 aliphatic heterocycles. The fraction of sp³-hybridized carbons (Fsp3) is 0.778. The normalized spacial score (nSPS) is 34.6. The number of halogens is 2. The summed E-state index contributed by atoms with van der Waals surface area (Å²) in [6.45, 7) is 5.43. The van der Waals surface area contributed by atoms with Gasteiger partial charge in [-0.25, -0.2) is 13.5 Å². The van der Waals surface area contributed by atoms with Crippen molar-refractivity contribution < 1.29 is 13.6 Å². The van der Waals surface area contributed by atoms with Crippen molar-refractivity contribution >= 4 is 11.7 Å². The molecule has 4 rings (SSSR count). The molecule has 138 valence electrons. The van der Waals surface area contributed by atoms with E-state index in [-0.39, 0.29) is 23.8 Å². The first-order valence-electron chi connectivity index (χ1n) is 9.33. The molecule has 7 heteroatoms. The van der Waals surface area contributed by atoms with Crippen LogP contribution in [0.5, 0.6) is 0 Å². The minimum atomic E-state index is -2.43. The number of hydrogen-bond acceptors (Lipinski definition) is 3. The Kier molecular flexibility index (Phi) is 4.20. The van der Waals surface area contributed by atoms with E-state index in [0.29, 0.717) is 24.7 Å². The Hall–Kier alpha value is -1.66.